The van der Waals surface area contributed by atoms with Crippen LogP contribution in [-0.4, -0.2) is 28.7 Å². The van der Waals surface area contributed by atoms with E-state index in [1.54, 1.807) is 17.0 Å². The largest absolute Gasteiger partial charge is 0.349 e. The minimum absolute atomic E-state index is 0.0221. The molecule has 5 nitrogen and oxygen atoms in total. The maximum atomic E-state index is 12.4. The van der Waals surface area contributed by atoms with E-state index in [0.29, 0.717) is 24.9 Å². The Labute approximate surface area is 114 Å². The van der Waals surface area contributed by atoms with E-state index in [1.807, 2.05) is 6.92 Å². The number of aromatic nitrogens is 2. The van der Waals surface area contributed by atoms with Crippen LogP contribution >= 0.6 is 0 Å². The summed E-state index contributed by atoms with van der Waals surface area (Å²) in [7, 11) is 0. The van der Waals surface area contributed by atoms with Crippen LogP contribution in [0.25, 0.3) is 0 Å². The van der Waals surface area contributed by atoms with Gasteiger partial charge in [-0.15, -0.1) is 0 Å². The third-order valence-corrected chi connectivity index (χ3v) is 3.88. The van der Waals surface area contributed by atoms with Crippen molar-refractivity contribution in [2.24, 2.45) is 5.73 Å². The number of anilines is 1. The fraction of sp³-hybridized carbons (Fsp3) is 0.714. The monoisotopic (exact) mass is 264 g/mol. The van der Waals surface area contributed by atoms with Gasteiger partial charge in [0.1, 0.15) is 0 Å². The third kappa shape index (κ3) is 3.15. The molecule has 1 aromatic heterocycles. The first-order valence-electron chi connectivity index (χ1n) is 7.30. The summed E-state index contributed by atoms with van der Waals surface area (Å²) in [6.45, 7) is 4.14. The second-order valence-electron chi connectivity index (χ2n) is 5.12. The van der Waals surface area contributed by atoms with Gasteiger partial charge in [0.05, 0.1) is 0 Å². The van der Waals surface area contributed by atoms with E-state index in [4.69, 9.17) is 5.73 Å². The molecule has 0 bridgehead atoms. The molecule has 0 radical (unpaired) electrons. The van der Waals surface area contributed by atoms with E-state index in [9.17, 15) is 4.79 Å². The third-order valence-electron chi connectivity index (χ3n) is 3.88. The van der Waals surface area contributed by atoms with Crippen molar-refractivity contribution < 1.29 is 0 Å². The molecule has 1 saturated carbocycles. The van der Waals surface area contributed by atoms with Gasteiger partial charge < -0.3 is 15.2 Å². The van der Waals surface area contributed by atoms with Gasteiger partial charge in [-0.1, -0.05) is 12.8 Å². The van der Waals surface area contributed by atoms with Crippen molar-refractivity contribution in [3.05, 3.63) is 22.7 Å². The average Bonchev–Trinajstić information content (AvgIpc) is 2.95. The standard InChI is InChI=1S/C14H24N4O/c1-2-17-11-9-16-13(14(17)19)18(10-5-8-15)12-6-3-4-7-12/h9,11-12H,2-8,10,15H2,1H3. The predicted octanol–water partition coefficient (Wildman–Crippen LogP) is 1.36. The van der Waals surface area contributed by atoms with E-state index in [2.05, 4.69) is 9.88 Å². The van der Waals surface area contributed by atoms with Crippen LogP contribution in [-0.2, 0) is 6.54 Å². The summed E-state index contributed by atoms with van der Waals surface area (Å²) >= 11 is 0. The second kappa shape index (κ2) is 6.70. The molecule has 0 spiro atoms. The maximum absolute atomic E-state index is 12.4. The zero-order valence-corrected chi connectivity index (χ0v) is 11.7. The smallest absolute Gasteiger partial charge is 0.293 e. The van der Waals surface area contributed by atoms with Gasteiger partial charge in [0, 0.05) is 31.5 Å². The highest BCUT2D eigenvalue weighted by Gasteiger charge is 2.25. The zero-order chi connectivity index (χ0) is 13.7. The molecule has 0 saturated heterocycles. The molecule has 2 rings (SSSR count). The topological polar surface area (TPSA) is 64.2 Å². The number of nitrogens with zero attached hydrogens (tertiary/aromatic N) is 3. The minimum atomic E-state index is 0.0221. The molecule has 0 amide bonds. The van der Waals surface area contributed by atoms with Gasteiger partial charge in [-0.3, -0.25) is 4.79 Å². The molecule has 0 unspecified atom stereocenters. The fourth-order valence-corrected chi connectivity index (χ4v) is 2.82. The predicted molar refractivity (Wildman–Crippen MR) is 77.4 cm³/mol. The molecule has 1 aliphatic rings. The molecule has 1 aromatic rings. The summed E-state index contributed by atoms with van der Waals surface area (Å²) in [4.78, 5) is 18.9. The van der Waals surface area contributed by atoms with Crippen LogP contribution in [0.4, 0.5) is 5.82 Å². The first kappa shape index (κ1) is 14.1. The summed E-state index contributed by atoms with van der Waals surface area (Å²) in [6, 6.07) is 0.458. The highest BCUT2D eigenvalue weighted by atomic mass is 16.1. The van der Waals surface area contributed by atoms with Crippen molar-refractivity contribution in [3.63, 3.8) is 0 Å². The van der Waals surface area contributed by atoms with Gasteiger partial charge >= 0.3 is 0 Å². The van der Waals surface area contributed by atoms with E-state index in [1.165, 1.54) is 12.8 Å². The SMILES string of the molecule is CCn1ccnc(N(CCCN)C2CCCC2)c1=O. The Bertz CT molecular complexity index is 451. The Morgan fingerprint density at radius 1 is 1.47 bits per heavy atom. The summed E-state index contributed by atoms with van der Waals surface area (Å²) < 4.78 is 1.72. The van der Waals surface area contributed by atoms with Crippen molar-refractivity contribution in [3.8, 4) is 0 Å². The number of rotatable bonds is 6. The molecule has 0 aromatic carbocycles. The van der Waals surface area contributed by atoms with Crippen molar-refractivity contribution in [1.29, 1.82) is 0 Å². The lowest BCUT2D eigenvalue weighted by Crippen LogP contribution is -2.40. The Morgan fingerprint density at radius 2 is 2.21 bits per heavy atom. The molecule has 106 valence electrons. The molecule has 2 N–H and O–H groups in total. The highest BCUT2D eigenvalue weighted by Crippen LogP contribution is 2.25. The maximum Gasteiger partial charge on any atom is 0.293 e. The van der Waals surface area contributed by atoms with Crippen molar-refractivity contribution in [2.45, 2.75) is 51.6 Å². The van der Waals surface area contributed by atoms with Crippen LogP contribution in [0.3, 0.4) is 0 Å². The summed E-state index contributed by atoms with van der Waals surface area (Å²) in [5.74, 6) is 0.602. The molecule has 1 fully saturated rings. The van der Waals surface area contributed by atoms with Gasteiger partial charge in [-0.05, 0) is 32.7 Å². The zero-order valence-electron chi connectivity index (χ0n) is 11.7. The van der Waals surface area contributed by atoms with Gasteiger partial charge in [-0.25, -0.2) is 4.98 Å². The normalized spacial score (nSPS) is 15.9. The fourth-order valence-electron chi connectivity index (χ4n) is 2.82. The summed E-state index contributed by atoms with van der Waals surface area (Å²) in [5, 5.41) is 0. The molecule has 5 heteroatoms. The molecular formula is C14H24N4O. The summed E-state index contributed by atoms with van der Waals surface area (Å²) in [6.07, 6.45) is 9.20. The number of aryl methyl sites for hydroxylation is 1. The Balaban J connectivity index is 2.28. The lowest BCUT2D eigenvalue weighted by atomic mass is 10.2. The van der Waals surface area contributed by atoms with Crippen molar-refractivity contribution >= 4 is 5.82 Å². The van der Waals surface area contributed by atoms with Crippen LogP contribution in [0.15, 0.2) is 17.2 Å². The Hall–Kier alpha value is -1.36. The number of hydrogen-bond acceptors (Lipinski definition) is 4. The lowest BCUT2D eigenvalue weighted by molar-refractivity contribution is 0.577. The number of nitrogens with two attached hydrogens (primary N) is 1. The molecule has 1 aliphatic carbocycles. The van der Waals surface area contributed by atoms with Gasteiger partial charge in [0.15, 0.2) is 5.82 Å². The lowest BCUT2D eigenvalue weighted by Gasteiger charge is -2.29. The van der Waals surface area contributed by atoms with E-state index in [0.717, 1.165) is 25.8 Å². The van der Waals surface area contributed by atoms with E-state index in [-0.39, 0.29) is 5.56 Å². The van der Waals surface area contributed by atoms with Crippen LogP contribution < -0.4 is 16.2 Å². The van der Waals surface area contributed by atoms with Crippen LogP contribution in [0.5, 0.6) is 0 Å². The summed E-state index contributed by atoms with van der Waals surface area (Å²) in [5.41, 5.74) is 5.64. The highest BCUT2D eigenvalue weighted by molar-refractivity contribution is 5.37. The molecule has 1 heterocycles. The quantitative estimate of drug-likeness (QED) is 0.842. The first-order chi connectivity index (χ1) is 9.27. The van der Waals surface area contributed by atoms with Crippen LogP contribution in [0.2, 0.25) is 0 Å². The van der Waals surface area contributed by atoms with Crippen LogP contribution in [0.1, 0.15) is 39.0 Å². The minimum Gasteiger partial charge on any atom is -0.349 e. The first-order valence-corrected chi connectivity index (χ1v) is 7.30. The molecule has 0 atom stereocenters. The van der Waals surface area contributed by atoms with Crippen molar-refractivity contribution in [1.82, 2.24) is 9.55 Å². The van der Waals surface area contributed by atoms with Gasteiger partial charge in [-0.2, -0.15) is 0 Å². The van der Waals surface area contributed by atoms with Crippen molar-refractivity contribution in [2.75, 3.05) is 18.0 Å². The number of hydrogen-bond donors (Lipinski definition) is 1. The molecule has 0 aliphatic heterocycles. The Kier molecular flexibility index (Phi) is 4.96. The van der Waals surface area contributed by atoms with Gasteiger partial charge in [0.25, 0.3) is 5.56 Å². The van der Waals surface area contributed by atoms with E-state index >= 15 is 0 Å². The van der Waals surface area contributed by atoms with Crippen LogP contribution in [0, 0.1) is 0 Å². The van der Waals surface area contributed by atoms with Gasteiger partial charge in [0.2, 0.25) is 0 Å². The Morgan fingerprint density at radius 3 is 2.84 bits per heavy atom. The second-order valence-corrected chi connectivity index (χ2v) is 5.12. The van der Waals surface area contributed by atoms with E-state index < -0.39 is 0 Å². The average molecular weight is 264 g/mol. The molecular weight excluding hydrogens is 240 g/mol. The molecule has 19 heavy (non-hydrogen) atoms.